The van der Waals surface area contributed by atoms with Crippen molar-refractivity contribution in [1.82, 2.24) is 15.1 Å². The SMILES string of the molecule is CC1CN(CC(=O)N2CCCCC2C)CCN1.Cl. The summed E-state index contributed by atoms with van der Waals surface area (Å²) in [6.07, 6.45) is 3.62. The molecule has 5 heteroatoms. The van der Waals surface area contributed by atoms with Crippen molar-refractivity contribution in [2.45, 2.75) is 45.2 Å². The van der Waals surface area contributed by atoms with Gasteiger partial charge in [-0.2, -0.15) is 0 Å². The zero-order chi connectivity index (χ0) is 12.3. The number of rotatable bonds is 2. The number of likely N-dealkylation sites (tertiary alicyclic amines) is 1. The lowest BCUT2D eigenvalue weighted by Crippen LogP contribution is -2.53. The third-order valence-corrected chi connectivity index (χ3v) is 3.94. The number of hydrogen-bond acceptors (Lipinski definition) is 3. The summed E-state index contributed by atoms with van der Waals surface area (Å²) in [5, 5.41) is 3.41. The molecule has 0 spiro atoms. The lowest BCUT2D eigenvalue weighted by atomic mass is 10.0. The number of nitrogens with one attached hydrogen (secondary N) is 1. The summed E-state index contributed by atoms with van der Waals surface area (Å²) in [4.78, 5) is 16.6. The van der Waals surface area contributed by atoms with Gasteiger partial charge in [-0.25, -0.2) is 0 Å². The van der Waals surface area contributed by atoms with Crippen LogP contribution in [0.15, 0.2) is 0 Å². The largest absolute Gasteiger partial charge is 0.339 e. The third-order valence-electron chi connectivity index (χ3n) is 3.94. The van der Waals surface area contributed by atoms with Crippen molar-refractivity contribution in [3.8, 4) is 0 Å². The number of piperazine rings is 1. The van der Waals surface area contributed by atoms with Gasteiger partial charge in [0.15, 0.2) is 0 Å². The molecule has 1 N–H and O–H groups in total. The first-order chi connectivity index (χ1) is 8.16. The van der Waals surface area contributed by atoms with Crippen LogP contribution in [0, 0.1) is 0 Å². The van der Waals surface area contributed by atoms with Gasteiger partial charge in [0, 0.05) is 38.3 Å². The molecule has 1 amide bonds. The second kappa shape index (κ2) is 7.31. The molecule has 2 fully saturated rings. The van der Waals surface area contributed by atoms with Gasteiger partial charge in [0.1, 0.15) is 0 Å². The molecule has 0 aromatic heterocycles. The Morgan fingerprint density at radius 2 is 2.06 bits per heavy atom. The van der Waals surface area contributed by atoms with Crippen molar-refractivity contribution in [1.29, 1.82) is 0 Å². The van der Waals surface area contributed by atoms with Crippen LogP contribution in [0.3, 0.4) is 0 Å². The van der Waals surface area contributed by atoms with Crippen molar-refractivity contribution >= 4 is 18.3 Å². The van der Waals surface area contributed by atoms with Gasteiger partial charge >= 0.3 is 0 Å². The van der Waals surface area contributed by atoms with Gasteiger partial charge in [0.05, 0.1) is 6.54 Å². The van der Waals surface area contributed by atoms with Gasteiger partial charge in [-0.3, -0.25) is 9.69 Å². The first-order valence-electron chi connectivity index (χ1n) is 6.92. The zero-order valence-electron chi connectivity index (χ0n) is 11.5. The minimum Gasteiger partial charge on any atom is -0.339 e. The molecule has 2 rings (SSSR count). The third kappa shape index (κ3) is 4.11. The Bertz CT molecular complexity index is 275. The molecular formula is C13H26ClN3O. The number of halogens is 1. The van der Waals surface area contributed by atoms with Crippen LogP contribution in [0.1, 0.15) is 33.1 Å². The lowest BCUT2D eigenvalue weighted by Gasteiger charge is -2.37. The lowest BCUT2D eigenvalue weighted by molar-refractivity contribution is -0.135. The summed E-state index contributed by atoms with van der Waals surface area (Å²) < 4.78 is 0. The highest BCUT2D eigenvalue weighted by Gasteiger charge is 2.25. The highest BCUT2D eigenvalue weighted by atomic mass is 35.5. The molecule has 4 nitrogen and oxygen atoms in total. The van der Waals surface area contributed by atoms with E-state index in [2.05, 4.69) is 29.0 Å². The van der Waals surface area contributed by atoms with Gasteiger partial charge in [0.2, 0.25) is 5.91 Å². The van der Waals surface area contributed by atoms with E-state index in [-0.39, 0.29) is 12.4 Å². The Labute approximate surface area is 116 Å². The van der Waals surface area contributed by atoms with Crippen molar-refractivity contribution in [2.75, 3.05) is 32.7 Å². The smallest absolute Gasteiger partial charge is 0.236 e. The van der Waals surface area contributed by atoms with Gasteiger partial charge in [-0.05, 0) is 33.1 Å². The summed E-state index contributed by atoms with van der Waals surface area (Å²) in [7, 11) is 0. The average molecular weight is 276 g/mol. The van der Waals surface area contributed by atoms with Crippen LogP contribution in [0.25, 0.3) is 0 Å². The molecule has 0 radical (unpaired) electrons. The topological polar surface area (TPSA) is 35.6 Å². The van der Waals surface area contributed by atoms with Crippen molar-refractivity contribution < 1.29 is 4.79 Å². The van der Waals surface area contributed by atoms with E-state index in [4.69, 9.17) is 0 Å². The molecule has 2 atom stereocenters. The van der Waals surface area contributed by atoms with E-state index < -0.39 is 0 Å². The van der Waals surface area contributed by atoms with Gasteiger partial charge in [-0.1, -0.05) is 0 Å². The fourth-order valence-corrected chi connectivity index (χ4v) is 2.91. The first-order valence-corrected chi connectivity index (χ1v) is 6.92. The highest BCUT2D eigenvalue weighted by molar-refractivity contribution is 5.85. The molecule has 106 valence electrons. The van der Waals surface area contributed by atoms with E-state index in [0.717, 1.165) is 26.2 Å². The molecule has 0 aliphatic carbocycles. The fourth-order valence-electron chi connectivity index (χ4n) is 2.91. The summed E-state index contributed by atoms with van der Waals surface area (Å²) in [6, 6.07) is 0.951. The van der Waals surface area contributed by atoms with Crippen LogP contribution in [0.2, 0.25) is 0 Å². The molecule has 2 unspecified atom stereocenters. The van der Waals surface area contributed by atoms with Gasteiger partial charge in [0.25, 0.3) is 0 Å². The molecule has 0 aromatic carbocycles. The fraction of sp³-hybridized carbons (Fsp3) is 0.923. The summed E-state index contributed by atoms with van der Waals surface area (Å²) in [5.74, 6) is 0.325. The molecule has 18 heavy (non-hydrogen) atoms. The van der Waals surface area contributed by atoms with Crippen LogP contribution in [0.4, 0.5) is 0 Å². The van der Waals surface area contributed by atoms with E-state index in [1.54, 1.807) is 0 Å². The molecule has 0 aromatic rings. The summed E-state index contributed by atoms with van der Waals surface area (Å²) in [5.41, 5.74) is 0. The molecule has 0 saturated carbocycles. The maximum atomic E-state index is 12.2. The minimum atomic E-state index is 0. The van der Waals surface area contributed by atoms with Crippen LogP contribution >= 0.6 is 12.4 Å². The minimum absolute atomic E-state index is 0. The second-order valence-corrected chi connectivity index (χ2v) is 5.52. The molecule has 2 aliphatic heterocycles. The molecule has 2 saturated heterocycles. The average Bonchev–Trinajstić information content (AvgIpc) is 2.29. The zero-order valence-corrected chi connectivity index (χ0v) is 12.3. The number of piperidine rings is 1. The van der Waals surface area contributed by atoms with Crippen LogP contribution in [0.5, 0.6) is 0 Å². The van der Waals surface area contributed by atoms with E-state index in [9.17, 15) is 4.79 Å². The quantitative estimate of drug-likeness (QED) is 0.820. The number of hydrogen-bond donors (Lipinski definition) is 1. The summed E-state index contributed by atoms with van der Waals surface area (Å²) >= 11 is 0. The van der Waals surface area contributed by atoms with E-state index in [0.29, 0.717) is 24.5 Å². The van der Waals surface area contributed by atoms with Crippen LogP contribution in [-0.2, 0) is 4.79 Å². The molecular weight excluding hydrogens is 250 g/mol. The normalized spacial score (nSPS) is 29.8. The van der Waals surface area contributed by atoms with E-state index >= 15 is 0 Å². The van der Waals surface area contributed by atoms with Crippen LogP contribution in [-0.4, -0.2) is 60.5 Å². The van der Waals surface area contributed by atoms with E-state index in [1.165, 1.54) is 19.3 Å². The standard InChI is InChI=1S/C13H25N3O.ClH/c1-11-9-15(8-6-14-11)10-13(17)16-7-4-3-5-12(16)2;/h11-12,14H,3-10H2,1-2H3;1H. The predicted octanol–water partition coefficient (Wildman–Crippen LogP) is 1.10. The molecule has 0 bridgehead atoms. The summed E-state index contributed by atoms with van der Waals surface area (Å²) in [6.45, 7) is 8.92. The van der Waals surface area contributed by atoms with Gasteiger partial charge < -0.3 is 10.2 Å². The highest BCUT2D eigenvalue weighted by Crippen LogP contribution is 2.16. The van der Waals surface area contributed by atoms with Crippen molar-refractivity contribution in [2.24, 2.45) is 0 Å². The maximum Gasteiger partial charge on any atom is 0.236 e. The number of carbonyl (C=O) groups excluding carboxylic acids is 1. The Hall–Kier alpha value is -0.320. The maximum absolute atomic E-state index is 12.2. The first kappa shape index (κ1) is 15.7. The van der Waals surface area contributed by atoms with Crippen molar-refractivity contribution in [3.63, 3.8) is 0 Å². The Balaban J connectivity index is 0.00000162. The Morgan fingerprint density at radius 3 is 2.72 bits per heavy atom. The number of amides is 1. The van der Waals surface area contributed by atoms with Crippen LogP contribution < -0.4 is 5.32 Å². The molecule has 2 aliphatic rings. The second-order valence-electron chi connectivity index (χ2n) is 5.52. The number of nitrogens with zero attached hydrogens (tertiary/aromatic N) is 2. The van der Waals surface area contributed by atoms with E-state index in [1.807, 2.05) is 0 Å². The Morgan fingerprint density at radius 1 is 1.28 bits per heavy atom. The van der Waals surface area contributed by atoms with Gasteiger partial charge in [-0.15, -0.1) is 12.4 Å². The van der Waals surface area contributed by atoms with Crippen molar-refractivity contribution in [3.05, 3.63) is 0 Å². The predicted molar refractivity (Wildman–Crippen MR) is 76.2 cm³/mol. The Kier molecular flexibility index (Phi) is 6.39. The number of carbonyl (C=O) groups is 1. The molecule has 2 heterocycles. The monoisotopic (exact) mass is 275 g/mol.